The molecule has 0 fully saturated rings. The molecule has 0 aliphatic carbocycles. The Morgan fingerprint density at radius 3 is 2.24 bits per heavy atom. The average Bonchev–Trinajstić information content (AvgIpc) is 2.72. The normalized spacial score (nSPS) is 10.2. The summed E-state index contributed by atoms with van der Waals surface area (Å²) in [4.78, 5) is 35.6. The van der Waals surface area contributed by atoms with Crippen LogP contribution in [0.15, 0.2) is 54.6 Å². The van der Waals surface area contributed by atoms with Crippen LogP contribution in [0.3, 0.4) is 0 Å². The number of hydrogen-bond donors (Lipinski definition) is 3. The predicted molar refractivity (Wildman–Crippen MR) is 118 cm³/mol. The van der Waals surface area contributed by atoms with Gasteiger partial charge in [0.2, 0.25) is 11.8 Å². The van der Waals surface area contributed by atoms with Crippen molar-refractivity contribution in [1.82, 2.24) is 10.6 Å². The topological polar surface area (TPSA) is 87.3 Å². The van der Waals surface area contributed by atoms with E-state index in [2.05, 4.69) is 16.0 Å². The molecule has 0 unspecified atom stereocenters. The molecule has 6 nitrogen and oxygen atoms in total. The van der Waals surface area contributed by atoms with Crippen LogP contribution in [0.4, 0.5) is 5.69 Å². The summed E-state index contributed by atoms with van der Waals surface area (Å²) in [6, 6.07) is 16.7. The van der Waals surface area contributed by atoms with Crippen molar-refractivity contribution in [3.63, 3.8) is 0 Å². The molecule has 0 heterocycles. The molecule has 2 rings (SSSR count). The Balaban J connectivity index is 1.61. The summed E-state index contributed by atoms with van der Waals surface area (Å²) < 4.78 is 0. The van der Waals surface area contributed by atoms with Crippen LogP contribution < -0.4 is 16.0 Å². The fourth-order valence-corrected chi connectivity index (χ4v) is 3.34. The number of carbonyl (C=O) groups is 3. The van der Waals surface area contributed by atoms with Gasteiger partial charge in [-0.05, 0) is 36.2 Å². The molecule has 2 aromatic rings. The van der Waals surface area contributed by atoms with Gasteiger partial charge in [-0.2, -0.15) is 0 Å². The van der Waals surface area contributed by atoms with Crippen LogP contribution in [0.25, 0.3) is 0 Å². The van der Waals surface area contributed by atoms with E-state index in [0.29, 0.717) is 36.5 Å². The van der Waals surface area contributed by atoms with Crippen molar-refractivity contribution in [3.8, 4) is 0 Å². The minimum absolute atomic E-state index is 0.0395. The Kier molecular flexibility index (Phi) is 9.78. The standard InChI is InChI=1S/C22H27N3O3S/c1-2-6-20(26)25-19-11-9-18(10-12-19)22(28)24-14-13-23-21(27)16-29-15-17-7-4-3-5-8-17/h3-5,7-12H,2,6,13-16H2,1H3,(H,23,27)(H,24,28)(H,25,26). The Morgan fingerprint density at radius 2 is 1.55 bits per heavy atom. The number of anilines is 1. The van der Waals surface area contributed by atoms with Crippen molar-refractivity contribution in [1.29, 1.82) is 0 Å². The largest absolute Gasteiger partial charge is 0.354 e. The number of amides is 3. The number of benzene rings is 2. The smallest absolute Gasteiger partial charge is 0.251 e. The molecule has 0 radical (unpaired) electrons. The molecular weight excluding hydrogens is 386 g/mol. The van der Waals surface area contributed by atoms with Gasteiger partial charge in [0.15, 0.2) is 0 Å². The van der Waals surface area contributed by atoms with Crippen LogP contribution in [0, 0.1) is 0 Å². The highest BCUT2D eigenvalue weighted by Gasteiger charge is 2.07. The summed E-state index contributed by atoms with van der Waals surface area (Å²) in [7, 11) is 0. The zero-order valence-electron chi connectivity index (χ0n) is 16.6. The Labute approximate surface area is 175 Å². The van der Waals surface area contributed by atoms with E-state index in [1.54, 1.807) is 36.0 Å². The highest BCUT2D eigenvalue weighted by molar-refractivity contribution is 7.99. The highest BCUT2D eigenvalue weighted by Crippen LogP contribution is 2.11. The van der Waals surface area contributed by atoms with Crippen LogP contribution in [-0.2, 0) is 15.3 Å². The third kappa shape index (κ3) is 8.83. The molecule has 0 bridgehead atoms. The van der Waals surface area contributed by atoms with Gasteiger partial charge in [0.1, 0.15) is 0 Å². The first kappa shape index (κ1) is 22.5. The number of nitrogens with one attached hydrogen (secondary N) is 3. The van der Waals surface area contributed by atoms with Gasteiger partial charge in [0, 0.05) is 36.5 Å². The van der Waals surface area contributed by atoms with Crippen molar-refractivity contribution in [2.75, 3.05) is 24.2 Å². The van der Waals surface area contributed by atoms with Gasteiger partial charge in [-0.15, -0.1) is 11.8 Å². The van der Waals surface area contributed by atoms with Crippen molar-refractivity contribution >= 4 is 35.2 Å². The lowest BCUT2D eigenvalue weighted by Crippen LogP contribution is -2.35. The molecule has 0 atom stereocenters. The molecule has 0 aliphatic heterocycles. The summed E-state index contributed by atoms with van der Waals surface area (Å²) in [6.45, 7) is 2.67. The molecule has 3 amide bonds. The molecular formula is C22H27N3O3S. The monoisotopic (exact) mass is 413 g/mol. The van der Waals surface area contributed by atoms with Gasteiger partial charge >= 0.3 is 0 Å². The van der Waals surface area contributed by atoms with E-state index in [9.17, 15) is 14.4 Å². The minimum atomic E-state index is -0.218. The number of rotatable bonds is 11. The highest BCUT2D eigenvalue weighted by atomic mass is 32.2. The Hall–Kier alpha value is -2.80. The van der Waals surface area contributed by atoms with Crippen molar-refractivity contribution in [2.45, 2.75) is 25.5 Å². The van der Waals surface area contributed by atoms with E-state index in [-0.39, 0.29) is 17.7 Å². The number of carbonyl (C=O) groups excluding carboxylic acids is 3. The van der Waals surface area contributed by atoms with Gasteiger partial charge in [0.25, 0.3) is 5.91 Å². The van der Waals surface area contributed by atoms with Crippen LogP contribution in [0.1, 0.15) is 35.7 Å². The van der Waals surface area contributed by atoms with E-state index in [1.807, 2.05) is 37.3 Å². The van der Waals surface area contributed by atoms with Crippen LogP contribution in [0.2, 0.25) is 0 Å². The number of thioether (sulfide) groups is 1. The summed E-state index contributed by atoms with van der Waals surface area (Å²) in [5, 5.41) is 8.35. The molecule has 0 aromatic heterocycles. The molecule has 7 heteroatoms. The third-order valence-electron chi connectivity index (χ3n) is 3.99. The van der Waals surface area contributed by atoms with E-state index in [1.165, 1.54) is 5.56 Å². The summed E-state index contributed by atoms with van der Waals surface area (Å²) in [5.41, 5.74) is 2.36. The lowest BCUT2D eigenvalue weighted by Gasteiger charge is -2.08. The first-order valence-corrected chi connectivity index (χ1v) is 10.8. The molecule has 2 aromatic carbocycles. The first-order valence-electron chi connectivity index (χ1n) is 9.65. The molecule has 0 saturated heterocycles. The van der Waals surface area contributed by atoms with Gasteiger partial charge in [-0.25, -0.2) is 0 Å². The van der Waals surface area contributed by atoms with Crippen LogP contribution >= 0.6 is 11.8 Å². The molecule has 29 heavy (non-hydrogen) atoms. The van der Waals surface area contributed by atoms with Crippen molar-refractivity contribution in [2.24, 2.45) is 0 Å². The van der Waals surface area contributed by atoms with Gasteiger partial charge in [-0.3, -0.25) is 14.4 Å². The lowest BCUT2D eigenvalue weighted by molar-refractivity contribution is -0.118. The van der Waals surface area contributed by atoms with Gasteiger partial charge in [0.05, 0.1) is 5.75 Å². The maximum atomic E-state index is 12.1. The zero-order chi connectivity index (χ0) is 20.9. The van der Waals surface area contributed by atoms with Gasteiger partial charge < -0.3 is 16.0 Å². The maximum absolute atomic E-state index is 12.1. The van der Waals surface area contributed by atoms with Gasteiger partial charge in [-0.1, -0.05) is 37.3 Å². The fourth-order valence-electron chi connectivity index (χ4n) is 2.52. The molecule has 0 aliphatic rings. The van der Waals surface area contributed by atoms with E-state index < -0.39 is 0 Å². The van der Waals surface area contributed by atoms with Crippen molar-refractivity contribution < 1.29 is 14.4 Å². The maximum Gasteiger partial charge on any atom is 0.251 e. The predicted octanol–water partition coefficient (Wildman–Crippen LogP) is 3.20. The minimum Gasteiger partial charge on any atom is -0.354 e. The second kappa shape index (κ2) is 12.6. The van der Waals surface area contributed by atoms with E-state index >= 15 is 0 Å². The molecule has 0 spiro atoms. The van der Waals surface area contributed by atoms with E-state index in [0.717, 1.165) is 12.2 Å². The average molecular weight is 414 g/mol. The van der Waals surface area contributed by atoms with Crippen LogP contribution in [0.5, 0.6) is 0 Å². The second-order valence-electron chi connectivity index (χ2n) is 6.46. The second-order valence-corrected chi connectivity index (χ2v) is 7.45. The molecule has 3 N–H and O–H groups in total. The quantitative estimate of drug-likeness (QED) is 0.494. The molecule has 154 valence electrons. The summed E-state index contributed by atoms with van der Waals surface area (Å²) in [5.74, 6) is 0.868. The number of hydrogen-bond acceptors (Lipinski definition) is 4. The third-order valence-corrected chi connectivity index (χ3v) is 4.99. The summed E-state index contributed by atoms with van der Waals surface area (Å²) in [6.07, 6.45) is 1.26. The zero-order valence-corrected chi connectivity index (χ0v) is 17.4. The van der Waals surface area contributed by atoms with Crippen LogP contribution in [-0.4, -0.2) is 36.6 Å². The Morgan fingerprint density at radius 1 is 0.862 bits per heavy atom. The fraction of sp³-hybridized carbons (Fsp3) is 0.318. The first-order chi connectivity index (χ1) is 14.1. The summed E-state index contributed by atoms with van der Waals surface area (Å²) >= 11 is 1.55. The Bertz CT molecular complexity index is 795. The SMILES string of the molecule is CCCC(=O)Nc1ccc(C(=O)NCCNC(=O)CSCc2ccccc2)cc1. The lowest BCUT2D eigenvalue weighted by atomic mass is 10.2. The van der Waals surface area contributed by atoms with E-state index in [4.69, 9.17) is 0 Å². The van der Waals surface area contributed by atoms with Crippen molar-refractivity contribution in [3.05, 3.63) is 65.7 Å². The molecule has 0 saturated carbocycles.